The summed E-state index contributed by atoms with van der Waals surface area (Å²) >= 11 is 0. The number of nitrogens with one attached hydrogen (secondary N) is 1. The van der Waals surface area contributed by atoms with Crippen LogP contribution >= 0.6 is 0 Å². The number of hydrogen-bond donors (Lipinski definition) is 2. The van der Waals surface area contributed by atoms with Gasteiger partial charge in [-0.15, -0.1) is 0 Å². The molecule has 1 aromatic carbocycles. The maximum atomic E-state index is 12.1. The third-order valence-electron chi connectivity index (χ3n) is 4.99. The third-order valence-corrected chi connectivity index (χ3v) is 6.88. The van der Waals surface area contributed by atoms with Crippen LogP contribution in [-0.4, -0.2) is 64.6 Å². The van der Waals surface area contributed by atoms with Crippen molar-refractivity contribution in [2.45, 2.75) is 6.92 Å². The van der Waals surface area contributed by atoms with Gasteiger partial charge in [-0.3, -0.25) is 0 Å². The first-order valence-corrected chi connectivity index (χ1v) is 11.0. The Balaban J connectivity index is 1.56. The first kappa shape index (κ1) is 19.3. The highest BCUT2D eigenvalue weighted by molar-refractivity contribution is 7.89. The Labute approximate surface area is 169 Å². The lowest BCUT2D eigenvalue weighted by Crippen LogP contribution is -2.49. The van der Waals surface area contributed by atoms with Crippen molar-refractivity contribution in [2.24, 2.45) is 0 Å². The van der Waals surface area contributed by atoms with Crippen LogP contribution in [0.15, 0.2) is 42.7 Å². The van der Waals surface area contributed by atoms with Gasteiger partial charge in [0, 0.05) is 26.2 Å². The van der Waals surface area contributed by atoms with Gasteiger partial charge in [-0.2, -0.15) is 4.31 Å². The molecule has 3 aromatic rings. The highest BCUT2D eigenvalue weighted by atomic mass is 32.2. The third kappa shape index (κ3) is 3.94. The summed E-state index contributed by atoms with van der Waals surface area (Å²) in [5.41, 5.74) is 8.42. The number of nitrogen functional groups attached to an aromatic ring is 1. The second-order valence-electron chi connectivity index (χ2n) is 6.76. The number of anilines is 2. The lowest BCUT2D eigenvalue weighted by atomic mass is 10.2. The molecule has 0 bridgehead atoms. The molecule has 3 heterocycles. The average Bonchev–Trinajstić information content (AvgIpc) is 3.25. The molecular weight excluding hydrogens is 390 g/mol. The molecule has 2 aromatic heterocycles. The van der Waals surface area contributed by atoms with Crippen molar-refractivity contribution >= 4 is 21.7 Å². The van der Waals surface area contributed by atoms with Crippen LogP contribution in [0.5, 0.6) is 0 Å². The van der Waals surface area contributed by atoms with Gasteiger partial charge in [-0.05, 0) is 12.5 Å². The van der Waals surface area contributed by atoms with E-state index >= 15 is 0 Å². The molecule has 3 N–H and O–H groups in total. The number of imidazole rings is 1. The summed E-state index contributed by atoms with van der Waals surface area (Å²) < 4.78 is 25.6. The minimum absolute atomic E-state index is 0.112. The van der Waals surface area contributed by atoms with Gasteiger partial charge in [-0.25, -0.2) is 23.4 Å². The van der Waals surface area contributed by atoms with Crippen LogP contribution < -0.4 is 10.6 Å². The van der Waals surface area contributed by atoms with Gasteiger partial charge in [0.25, 0.3) is 0 Å². The van der Waals surface area contributed by atoms with Gasteiger partial charge in [0.15, 0.2) is 17.3 Å². The largest absolute Gasteiger partial charge is 0.382 e. The Hall–Kier alpha value is -2.98. The number of hydrogen-bond acceptors (Lipinski definition) is 7. The van der Waals surface area contributed by atoms with Crippen molar-refractivity contribution in [3.63, 3.8) is 0 Å². The monoisotopic (exact) mass is 413 g/mol. The zero-order valence-electron chi connectivity index (χ0n) is 16.1. The number of rotatable bonds is 5. The molecule has 1 fully saturated rings. The van der Waals surface area contributed by atoms with E-state index in [1.807, 2.05) is 35.2 Å². The van der Waals surface area contributed by atoms with Crippen LogP contribution in [0.1, 0.15) is 6.92 Å². The Morgan fingerprint density at radius 1 is 1.07 bits per heavy atom. The van der Waals surface area contributed by atoms with E-state index < -0.39 is 10.0 Å². The maximum absolute atomic E-state index is 12.1. The van der Waals surface area contributed by atoms with Gasteiger partial charge in [0.05, 0.1) is 23.8 Å². The summed E-state index contributed by atoms with van der Waals surface area (Å²) in [5.74, 6) is 1.60. The van der Waals surface area contributed by atoms with E-state index in [1.165, 1.54) is 4.31 Å². The molecule has 0 aliphatic carbocycles. The fourth-order valence-electron chi connectivity index (χ4n) is 3.30. The minimum atomic E-state index is -3.17. The molecular formula is C19H23N7O2S. The lowest BCUT2D eigenvalue weighted by Gasteiger charge is -2.34. The highest BCUT2D eigenvalue weighted by Crippen LogP contribution is 2.26. The topological polar surface area (TPSA) is 121 Å². The Morgan fingerprint density at radius 3 is 2.48 bits per heavy atom. The zero-order chi connectivity index (χ0) is 20.4. The fraction of sp³-hybridized carbons (Fsp3) is 0.316. The molecule has 1 aliphatic heterocycles. The van der Waals surface area contributed by atoms with Crippen LogP contribution in [0.25, 0.3) is 22.8 Å². The molecule has 10 heteroatoms. The first-order chi connectivity index (χ1) is 14.0. The number of aromatic amines is 1. The van der Waals surface area contributed by atoms with Crippen molar-refractivity contribution in [1.82, 2.24) is 24.2 Å². The fourth-order valence-corrected chi connectivity index (χ4v) is 4.38. The molecule has 29 heavy (non-hydrogen) atoms. The minimum Gasteiger partial charge on any atom is -0.382 e. The Kier molecular flexibility index (Phi) is 5.20. The molecule has 4 rings (SSSR count). The standard InChI is InChI=1S/C19H23N7O2S/c1-2-29(27,28)26-10-8-25(9-11-26)16-13-21-18(20)17(24-16)19-22-12-15(23-19)14-6-4-3-5-7-14/h3-7,12-13H,2,8-11H2,1H3,(H2,20,21)(H,22,23). The number of sulfonamides is 1. The van der Waals surface area contributed by atoms with Gasteiger partial charge in [0.2, 0.25) is 10.0 Å². The molecule has 0 unspecified atom stereocenters. The Morgan fingerprint density at radius 2 is 1.79 bits per heavy atom. The number of aromatic nitrogens is 4. The van der Waals surface area contributed by atoms with Crippen molar-refractivity contribution in [3.05, 3.63) is 42.7 Å². The van der Waals surface area contributed by atoms with Crippen molar-refractivity contribution < 1.29 is 8.42 Å². The van der Waals surface area contributed by atoms with Crippen LogP contribution in [0, 0.1) is 0 Å². The molecule has 1 saturated heterocycles. The molecule has 0 amide bonds. The molecule has 0 spiro atoms. The molecule has 9 nitrogen and oxygen atoms in total. The number of nitrogens with zero attached hydrogens (tertiary/aromatic N) is 5. The van der Waals surface area contributed by atoms with Crippen LogP contribution in [-0.2, 0) is 10.0 Å². The summed E-state index contributed by atoms with van der Waals surface area (Å²) in [6.07, 6.45) is 3.36. The molecule has 0 atom stereocenters. The van der Waals surface area contributed by atoms with Gasteiger partial charge >= 0.3 is 0 Å². The zero-order valence-corrected chi connectivity index (χ0v) is 16.9. The van der Waals surface area contributed by atoms with Crippen molar-refractivity contribution in [3.8, 4) is 22.8 Å². The SMILES string of the molecule is CCS(=O)(=O)N1CCN(c2cnc(N)c(-c3ncc(-c4ccccc4)[nH]3)n2)CC1. The summed E-state index contributed by atoms with van der Waals surface area (Å²) in [6, 6.07) is 9.87. The average molecular weight is 414 g/mol. The van der Waals surface area contributed by atoms with Gasteiger partial charge < -0.3 is 15.6 Å². The van der Waals surface area contributed by atoms with E-state index in [-0.39, 0.29) is 11.6 Å². The summed E-state index contributed by atoms with van der Waals surface area (Å²) in [6.45, 7) is 3.61. The van der Waals surface area contributed by atoms with Crippen LogP contribution in [0.2, 0.25) is 0 Å². The second kappa shape index (κ2) is 7.80. The number of piperazine rings is 1. The summed E-state index contributed by atoms with van der Waals surface area (Å²) in [4.78, 5) is 18.6. The van der Waals surface area contributed by atoms with Crippen molar-refractivity contribution in [2.75, 3.05) is 42.6 Å². The first-order valence-electron chi connectivity index (χ1n) is 9.44. The predicted octanol–water partition coefficient (Wildman–Crippen LogP) is 1.59. The highest BCUT2D eigenvalue weighted by Gasteiger charge is 2.26. The summed E-state index contributed by atoms with van der Waals surface area (Å²) in [5, 5.41) is 0. The predicted molar refractivity (Wildman–Crippen MR) is 113 cm³/mol. The van der Waals surface area contributed by atoms with E-state index in [2.05, 4.69) is 19.9 Å². The lowest BCUT2D eigenvalue weighted by molar-refractivity contribution is 0.384. The smallest absolute Gasteiger partial charge is 0.213 e. The van der Waals surface area contributed by atoms with E-state index in [4.69, 9.17) is 5.73 Å². The van der Waals surface area contributed by atoms with Crippen LogP contribution in [0.3, 0.4) is 0 Å². The second-order valence-corrected chi connectivity index (χ2v) is 9.02. The Bertz CT molecular complexity index is 1090. The van der Waals surface area contributed by atoms with Gasteiger partial charge in [-0.1, -0.05) is 30.3 Å². The van der Waals surface area contributed by atoms with E-state index in [0.29, 0.717) is 43.5 Å². The molecule has 0 radical (unpaired) electrons. The number of benzene rings is 1. The van der Waals surface area contributed by atoms with Gasteiger partial charge in [0.1, 0.15) is 5.82 Å². The van der Waals surface area contributed by atoms with E-state index in [9.17, 15) is 8.42 Å². The van der Waals surface area contributed by atoms with E-state index in [1.54, 1.807) is 19.3 Å². The maximum Gasteiger partial charge on any atom is 0.213 e. The number of nitrogens with two attached hydrogens (primary N) is 1. The molecule has 0 saturated carbocycles. The number of H-pyrrole nitrogens is 1. The normalized spacial score (nSPS) is 15.6. The molecule has 152 valence electrons. The van der Waals surface area contributed by atoms with E-state index in [0.717, 1.165) is 11.3 Å². The van der Waals surface area contributed by atoms with Crippen molar-refractivity contribution in [1.29, 1.82) is 0 Å². The van der Waals surface area contributed by atoms with Crippen LogP contribution in [0.4, 0.5) is 11.6 Å². The molecule has 1 aliphatic rings. The quantitative estimate of drug-likeness (QED) is 0.651. The summed E-state index contributed by atoms with van der Waals surface area (Å²) in [7, 11) is -3.17.